The lowest BCUT2D eigenvalue weighted by Crippen LogP contribution is -1.95. The van der Waals surface area contributed by atoms with Gasteiger partial charge in [-0.3, -0.25) is 0 Å². The average molecular weight is 267 g/mol. The largest absolute Gasteiger partial charge is 0.507 e. The topological polar surface area (TPSA) is 20.2 Å². The van der Waals surface area contributed by atoms with Crippen molar-refractivity contribution in [2.24, 2.45) is 0 Å². The quantitative estimate of drug-likeness (QED) is 0.796. The second-order valence-electron chi connectivity index (χ2n) is 4.53. The van der Waals surface area contributed by atoms with Gasteiger partial charge < -0.3 is 5.11 Å². The smallest absolute Gasteiger partial charge is 0.123 e. The third-order valence-electron chi connectivity index (χ3n) is 3.44. The van der Waals surface area contributed by atoms with Gasteiger partial charge in [-0.15, -0.1) is 9.24 Å². The minimum atomic E-state index is -1.16. The fraction of sp³-hybridized carbons (Fsp3) is 0.286. The third kappa shape index (κ3) is 1.80. The summed E-state index contributed by atoms with van der Waals surface area (Å²) in [6.45, 7) is 0. The van der Waals surface area contributed by atoms with E-state index in [-0.39, 0.29) is 0 Å². The second-order valence-corrected chi connectivity index (χ2v) is 9.14. The van der Waals surface area contributed by atoms with Crippen LogP contribution in [0.1, 0.15) is 12.8 Å². The normalized spacial score (nSPS) is 20.5. The first-order valence-electron chi connectivity index (χ1n) is 5.90. The standard InChI is InChI=1S/C14H15ClOS/c15-17(9-3-4-10-17)14-8-7-13(16)11-5-1-2-6-12(11)14/h1-2,5-8,16H,3-4,9-10H2. The average Bonchev–Trinajstić information content (AvgIpc) is 2.78. The zero-order chi connectivity index (χ0) is 11.9. The molecule has 90 valence electrons. The van der Waals surface area contributed by atoms with Crippen molar-refractivity contribution in [3.8, 4) is 5.75 Å². The Morgan fingerprint density at radius 1 is 0.941 bits per heavy atom. The lowest BCUT2D eigenvalue weighted by molar-refractivity contribution is 0.481. The highest BCUT2D eigenvalue weighted by atomic mass is 35.7. The Bertz CT molecular complexity index is 561. The van der Waals surface area contributed by atoms with Crippen LogP contribution in [0.3, 0.4) is 0 Å². The van der Waals surface area contributed by atoms with Gasteiger partial charge in [-0.25, -0.2) is 0 Å². The molecule has 0 radical (unpaired) electrons. The Morgan fingerprint density at radius 3 is 2.29 bits per heavy atom. The van der Waals surface area contributed by atoms with Gasteiger partial charge in [0.1, 0.15) is 5.75 Å². The summed E-state index contributed by atoms with van der Waals surface area (Å²) in [6.07, 6.45) is 2.46. The van der Waals surface area contributed by atoms with Crippen molar-refractivity contribution >= 4 is 30.7 Å². The van der Waals surface area contributed by atoms with E-state index >= 15 is 0 Å². The van der Waals surface area contributed by atoms with Crippen molar-refractivity contribution in [2.45, 2.75) is 17.7 Å². The molecule has 1 saturated heterocycles. The summed E-state index contributed by atoms with van der Waals surface area (Å²) in [4.78, 5) is 1.25. The molecule has 0 unspecified atom stereocenters. The third-order valence-corrected chi connectivity index (χ3v) is 7.88. The molecule has 1 aliphatic heterocycles. The van der Waals surface area contributed by atoms with E-state index in [0.29, 0.717) is 5.75 Å². The van der Waals surface area contributed by atoms with Crippen molar-refractivity contribution in [1.29, 1.82) is 0 Å². The zero-order valence-electron chi connectivity index (χ0n) is 9.53. The van der Waals surface area contributed by atoms with E-state index in [0.717, 1.165) is 22.3 Å². The lowest BCUT2D eigenvalue weighted by Gasteiger charge is -2.29. The van der Waals surface area contributed by atoms with Gasteiger partial charge in [-0.2, -0.15) is 0 Å². The predicted octanol–water partition coefficient (Wildman–Crippen LogP) is 4.66. The van der Waals surface area contributed by atoms with Crippen molar-refractivity contribution in [3.63, 3.8) is 0 Å². The van der Waals surface area contributed by atoms with Gasteiger partial charge in [0, 0.05) is 10.3 Å². The van der Waals surface area contributed by atoms with Crippen molar-refractivity contribution in [2.75, 3.05) is 11.5 Å². The summed E-state index contributed by atoms with van der Waals surface area (Å²) in [5.41, 5.74) is 0. The van der Waals surface area contributed by atoms with Crippen LogP contribution in [0.25, 0.3) is 10.8 Å². The molecule has 1 N–H and O–H groups in total. The monoisotopic (exact) mass is 266 g/mol. The Labute approximate surface area is 107 Å². The first-order chi connectivity index (χ1) is 8.21. The molecule has 0 saturated carbocycles. The van der Waals surface area contributed by atoms with E-state index in [1.54, 1.807) is 6.07 Å². The van der Waals surface area contributed by atoms with E-state index in [2.05, 4.69) is 6.07 Å². The van der Waals surface area contributed by atoms with Crippen LogP contribution >= 0.6 is 19.9 Å². The van der Waals surface area contributed by atoms with Gasteiger partial charge in [-0.05, 0) is 41.9 Å². The van der Waals surface area contributed by atoms with E-state index in [1.165, 1.54) is 17.7 Å². The first-order valence-corrected chi connectivity index (χ1v) is 8.69. The molecule has 0 aromatic heterocycles. The molecule has 1 fully saturated rings. The molecule has 0 spiro atoms. The maximum absolute atomic E-state index is 9.89. The number of rotatable bonds is 1. The van der Waals surface area contributed by atoms with E-state index in [1.807, 2.05) is 24.3 Å². The Morgan fingerprint density at radius 2 is 1.59 bits per heavy atom. The van der Waals surface area contributed by atoms with Crippen LogP contribution in [0.4, 0.5) is 0 Å². The number of hydrogen-bond acceptors (Lipinski definition) is 1. The van der Waals surface area contributed by atoms with E-state index < -0.39 is 9.24 Å². The maximum atomic E-state index is 9.89. The van der Waals surface area contributed by atoms with Crippen LogP contribution in [0.5, 0.6) is 5.75 Å². The van der Waals surface area contributed by atoms with Crippen LogP contribution in [0.2, 0.25) is 0 Å². The maximum Gasteiger partial charge on any atom is 0.123 e. The summed E-state index contributed by atoms with van der Waals surface area (Å²) < 4.78 is 0. The minimum absolute atomic E-state index is 0.349. The molecule has 1 nitrogen and oxygen atoms in total. The number of benzene rings is 2. The summed E-state index contributed by atoms with van der Waals surface area (Å²) >= 11 is 0. The molecule has 17 heavy (non-hydrogen) atoms. The van der Waals surface area contributed by atoms with Crippen LogP contribution in [0.15, 0.2) is 41.3 Å². The summed E-state index contributed by atoms with van der Waals surface area (Å²) in [5.74, 6) is 2.58. The molecule has 3 rings (SSSR count). The summed E-state index contributed by atoms with van der Waals surface area (Å²) in [6, 6.07) is 11.8. The Kier molecular flexibility index (Phi) is 2.72. The second kappa shape index (κ2) is 4.11. The molecule has 3 heteroatoms. The van der Waals surface area contributed by atoms with Crippen LogP contribution in [-0.2, 0) is 0 Å². The molecule has 0 bridgehead atoms. The number of phenolic OH excluding ortho intramolecular Hbond substituents is 1. The fourth-order valence-electron chi connectivity index (χ4n) is 2.56. The Hall–Kier alpha value is -0.860. The van der Waals surface area contributed by atoms with Crippen molar-refractivity contribution in [3.05, 3.63) is 36.4 Å². The number of phenols is 1. The van der Waals surface area contributed by atoms with Gasteiger partial charge in [0.05, 0.1) is 0 Å². The van der Waals surface area contributed by atoms with Gasteiger partial charge in [0.2, 0.25) is 0 Å². The van der Waals surface area contributed by atoms with Gasteiger partial charge in [-0.1, -0.05) is 34.9 Å². The van der Waals surface area contributed by atoms with Crippen LogP contribution in [-0.4, -0.2) is 16.6 Å². The highest BCUT2D eigenvalue weighted by Crippen LogP contribution is 2.66. The van der Waals surface area contributed by atoms with Crippen LogP contribution in [0, 0.1) is 0 Å². The predicted molar refractivity (Wildman–Crippen MR) is 76.3 cm³/mol. The van der Waals surface area contributed by atoms with Gasteiger partial charge in [0.15, 0.2) is 0 Å². The highest BCUT2D eigenvalue weighted by Gasteiger charge is 2.29. The fourth-order valence-corrected chi connectivity index (χ4v) is 6.47. The molecule has 0 aliphatic carbocycles. The highest BCUT2D eigenvalue weighted by molar-refractivity contribution is 8.51. The summed E-state index contributed by atoms with van der Waals surface area (Å²) in [5, 5.41) is 11.9. The zero-order valence-corrected chi connectivity index (χ0v) is 11.1. The van der Waals surface area contributed by atoms with Crippen LogP contribution < -0.4 is 0 Å². The van der Waals surface area contributed by atoms with E-state index in [9.17, 15) is 5.11 Å². The number of hydrogen-bond donors (Lipinski definition) is 1. The number of halogens is 1. The summed E-state index contributed by atoms with van der Waals surface area (Å²) in [7, 11) is 5.66. The molecule has 2 aromatic rings. The number of aromatic hydroxyl groups is 1. The lowest BCUT2D eigenvalue weighted by atomic mass is 10.1. The minimum Gasteiger partial charge on any atom is -0.507 e. The molecule has 0 amide bonds. The first kappa shape index (κ1) is 11.2. The Balaban J connectivity index is 2.27. The molecular formula is C14H15ClOS. The van der Waals surface area contributed by atoms with Crippen molar-refractivity contribution in [1.82, 2.24) is 0 Å². The SMILES string of the molecule is Oc1ccc(S2(Cl)CCCC2)c2ccccc12. The van der Waals surface area contributed by atoms with Gasteiger partial charge >= 0.3 is 0 Å². The van der Waals surface area contributed by atoms with Gasteiger partial charge in [0.25, 0.3) is 0 Å². The molecule has 1 heterocycles. The van der Waals surface area contributed by atoms with E-state index in [4.69, 9.17) is 10.7 Å². The molecule has 2 aromatic carbocycles. The molecule has 0 atom stereocenters. The molecular weight excluding hydrogens is 252 g/mol. The van der Waals surface area contributed by atoms with Crippen molar-refractivity contribution < 1.29 is 5.11 Å². The molecule has 1 aliphatic rings. The number of fused-ring (bicyclic) bond motifs is 1.